The topological polar surface area (TPSA) is 72.6 Å². The van der Waals surface area contributed by atoms with Crippen LogP contribution in [0, 0.1) is 0 Å². The van der Waals surface area contributed by atoms with Crippen LogP contribution in [0.15, 0.2) is 0 Å². The Bertz CT molecular complexity index is 324. The van der Waals surface area contributed by atoms with E-state index in [1.165, 1.54) is 11.5 Å². The van der Waals surface area contributed by atoms with Gasteiger partial charge in [0.25, 0.3) is 0 Å². The Balaban J connectivity index is 2.02. The van der Waals surface area contributed by atoms with Gasteiger partial charge in [-0.1, -0.05) is 0 Å². The summed E-state index contributed by atoms with van der Waals surface area (Å²) in [5.74, 6) is 1.05. The normalized spacial score (nSPS) is 17.7. The van der Waals surface area contributed by atoms with E-state index >= 15 is 0 Å². The maximum Gasteiger partial charge on any atom is 0.198 e. The molecule has 2 rings (SSSR count). The van der Waals surface area contributed by atoms with E-state index in [4.69, 9.17) is 15.2 Å². The molecule has 0 aliphatic carbocycles. The fourth-order valence-corrected chi connectivity index (χ4v) is 2.09. The number of methoxy groups -OCH3 is 1. The Labute approximate surface area is 92.1 Å². The Morgan fingerprint density at radius 1 is 1.53 bits per heavy atom. The Hall–Kier alpha value is -1.05. The Morgan fingerprint density at radius 2 is 2.27 bits per heavy atom. The molecule has 2 heterocycles. The molecule has 0 aromatic carbocycles. The minimum absolute atomic E-state index is 0.429. The van der Waals surface area contributed by atoms with Gasteiger partial charge in [0.2, 0.25) is 0 Å². The highest BCUT2D eigenvalue weighted by molar-refractivity contribution is 7.11. The number of rotatable bonds is 3. The van der Waals surface area contributed by atoms with Crippen LogP contribution in [0.5, 0.6) is 5.75 Å². The van der Waals surface area contributed by atoms with Crippen molar-refractivity contribution in [3.05, 3.63) is 0 Å². The first-order valence-electron chi connectivity index (χ1n) is 4.69. The van der Waals surface area contributed by atoms with Gasteiger partial charge in [0.1, 0.15) is 0 Å². The summed E-state index contributed by atoms with van der Waals surface area (Å²) in [6.07, 6.45) is 0. The number of nitrogens with two attached hydrogens (primary N) is 1. The standard InChI is InChI=1S/C8H14N4O2S/c1-13-6-7(9)11-15-8(6)10-12-2-4-14-5-3-12/h10H,2-5H2,1H3,(H2,9,11). The number of hydrogen-bond acceptors (Lipinski definition) is 7. The summed E-state index contributed by atoms with van der Waals surface area (Å²) in [5, 5.41) is 2.91. The molecule has 0 spiro atoms. The molecule has 1 aliphatic rings. The van der Waals surface area contributed by atoms with Gasteiger partial charge in [-0.2, -0.15) is 4.37 Å². The summed E-state index contributed by atoms with van der Waals surface area (Å²) >= 11 is 1.30. The van der Waals surface area contributed by atoms with E-state index in [-0.39, 0.29) is 0 Å². The largest absolute Gasteiger partial charge is 0.490 e. The number of hydrogen-bond donors (Lipinski definition) is 2. The van der Waals surface area contributed by atoms with Crippen molar-refractivity contribution >= 4 is 22.4 Å². The fourth-order valence-electron chi connectivity index (χ4n) is 1.38. The van der Waals surface area contributed by atoms with Crippen LogP contribution in [0.25, 0.3) is 0 Å². The first kappa shape index (κ1) is 10.5. The molecule has 6 nitrogen and oxygen atoms in total. The molecule has 1 aromatic rings. The molecule has 84 valence electrons. The Morgan fingerprint density at radius 3 is 2.93 bits per heavy atom. The molecular weight excluding hydrogens is 216 g/mol. The van der Waals surface area contributed by atoms with Gasteiger partial charge in [-0.25, -0.2) is 5.01 Å². The van der Waals surface area contributed by atoms with Crippen molar-refractivity contribution < 1.29 is 9.47 Å². The third kappa shape index (κ3) is 2.31. The molecule has 1 fully saturated rings. The molecule has 0 bridgehead atoms. The zero-order valence-corrected chi connectivity index (χ0v) is 9.34. The number of aromatic nitrogens is 1. The SMILES string of the molecule is COc1c(N)nsc1NN1CCOCC1. The molecule has 0 saturated carbocycles. The van der Waals surface area contributed by atoms with E-state index in [1.807, 2.05) is 0 Å². The van der Waals surface area contributed by atoms with Gasteiger partial charge in [-0.05, 0) is 11.5 Å². The number of nitrogens with zero attached hydrogens (tertiary/aromatic N) is 2. The van der Waals surface area contributed by atoms with Crippen LogP contribution < -0.4 is 15.9 Å². The number of hydrazine groups is 1. The van der Waals surface area contributed by atoms with Crippen LogP contribution in [-0.4, -0.2) is 42.8 Å². The van der Waals surface area contributed by atoms with Crippen LogP contribution >= 0.6 is 11.5 Å². The molecule has 1 aliphatic heterocycles. The predicted molar refractivity (Wildman–Crippen MR) is 59.1 cm³/mol. The van der Waals surface area contributed by atoms with Crippen molar-refractivity contribution in [2.75, 3.05) is 44.6 Å². The molecule has 7 heteroatoms. The van der Waals surface area contributed by atoms with Crippen molar-refractivity contribution in [3.8, 4) is 5.75 Å². The van der Waals surface area contributed by atoms with E-state index in [2.05, 4.69) is 14.8 Å². The van der Waals surface area contributed by atoms with Gasteiger partial charge in [-0.3, -0.25) is 0 Å². The molecule has 0 unspecified atom stereocenters. The van der Waals surface area contributed by atoms with Crippen molar-refractivity contribution in [1.82, 2.24) is 9.38 Å². The number of anilines is 2. The monoisotopic (exact) mass is 230 g/mol. The van der Waals surface area contributed by atoms with Crippen LogP contribution in [0.2, 0.25) is 0 Å². The van der Waals surface area contributed by atoms with Crippen molar-refractivity contribution in [1.29, 1.82) is 0 Å². The number of morpholine rings is 1. The molecule has 0 radical (unpaired) electrons. The number of ether oxygens (including phenoxy) is 2. The van der Waals surface area contributed by atoms with Crippen LogP contribution in [0.3, 0.4) is 0 Å². The summed E-state index contributed by atoms with van der Waals surface area (Å²) in [6, 6.07) is 0. The molecule has 0 amide bonds. The Kier molecular flexibility index (Phi) is 3.24. The average molecular weight is 230 g/mol. The van der Waals surface area contributed by atoms with E-state index in [1.54, 1.807) is 7.11 Å². The van der Waals surface area contributed by atoms with Gasteiger partial charge in [0.05, 0.1) is 20.3 Å². The quantitative estimate of drug-likeness (QED) is 0.782. The lowest BCUT2D eigenvalue weighted by Crippen LogP contribution is -2.40. The average Bonchev–Trinajstić information content (AvgIpc) is 2.61. The predicted octanol–water partition coefficient (Wildman–Crippen LogP) is 0.393. The number of nitrogen functional groups attached to an aromatic ring is 1. The second-order valence-electron chi connectivity index (χ2n) is 3.14. The maximum atomic E-state index is 5.65. The maximum absolute atomic E-state index is 5.65. The summed E-state index contributed by atoms with van der Waals surface area (Å²) < 4.78 is 14.4. The first-order valence-corrected chi connectivity index (χ1v) is 5.47. The van der Waals surface area contributed by atoms with Crippen LogP contribution in [0.4, 0.5) is 10.8 Å². The van der Waals surface area contributed by atoms with Gasteiger partial charge in [0.15, 0.2) is 16.6 Å². The van der Waals surface area contributed by atoms with Crippen LogP contribution in [0.1, 0.15) is 0 Å². The van der Waals surface area contributed by atoms with Crippen molar-refractivity contribution in [2.24, 2.45) is 0 Å². The summed E-state index contributed by atoms with van der Waals surface area (Å²) in [7, 11) is 1.59. The smallest absolute Gasteiger partial charge is 0.198 e. The third-order valence-electron chi connectivity index (χ3n) is 2.15. The lowest BCUT2D eigenvalue weighted by atomic mass is 10.5. The minimum Gasteiger partial charge on any atom is -0.490 e. The minimum atomic E-state index is 0.429. The number of nitrogens with one attached hydrogen (secondary N) is 1. The zero-order valence-electron chi connectivity index (χ0n) is 8.52. The highest BCUT2D eigenvalue weighted by Gasteiger charge is 2.16. The second kappa shape index (κ2) is 4.65. The van der Waals surface area contributed by atoms with E-state index in [9.17, 15) is 0 Å². The molecule has 1 aromatic heterocycles. The third-order valence-corrected chi connectivity index (χ3v) is 2.90. The molecule has 3 N–H and O–H groups in total. The van der Waals surface area contributed by atoms with E-state index < -0.39 is 0 Å². The molecular formula is C8H14N4O2S. The highest BCUT2D eigenvalue weighted by Crippen LogP contribution is 2.34. The van der Waals surface area contributed by atoms with Gasteiger partial charge in [0, 0.05) is 13.1 Å². The second-order valence-corrected chi connectivity index (χ2v) is 3.91. The van der Waals surface area contributed by atoms with Crippen LogP contribution in [-0.2, 0) is 4.74 Å². The highest BCUT2D eigenvalue weighted by atomic mass is 32.1. The lowest BCUT2D eigenvalue weighted by molar-refractivity contribution is 0.0497. The summed E-state index contributed by atoms with van der Waals surface area (Å²) in [4.78, 5) is 0. The summed E-state index contributed by atoms with van der Waals surface area (Å²) in [5.41, 5.74) is 8.87. The van der Waals surface area contributed by atoms with Crippen molar-refractivity contribution in [3.63, 3.8) is 0 Å². The van der Waals surface area contributed by atoms with Gasteiger partial charge >= 0.3 is 0 Å². The zero-order chi connectivity index (χ0) is 10.7. The van der Waals surface area contributed by atoms with Gasteiger partial charge in [-0.15, -0.1) is 0 Å². The fraction of sp³-hybridized carbons (Fsp3) is 0.625. The van der Waals surface area contributed by atoms with E-state index in [0.717, 1.165) is 31.3 Å². The first-order chi connectivity index (χ1) is 7.31. The summed E-state index contributed by atoms with van der Waals surface area (Å²) in [6.45, 7) is 3.18. The molecule has 1 saturated heterocycles. The molecule has 15 heavy (non-hydrogen) atoms. The van der Waals surface area contributed by atoms with Gasteiger partial charge < -0.3 is 20.6 Å². The van der Waals surface area contributed by atoms with Crippen molar-refractivity contribution in [2.45, 2.75) is 0 Å². The molecule has 0 atom stereocenters. The lowest BCUT2D eigenvalue weighted by Gasteiger charge is -2.27. The van der Waals surface area contributed by atoms with E-state index in [0.29, 0.717) is 11.6 Å².